The van der Waals surface area contributed by atoms with Crippen LogP contribution in [0.5, 0.6) is 0 Å². The zero-order valence-corrected chi connectivity index (χ0v) is 9.60. The molecule has 0 aromatic rings. The molecular weight excluding hydrogens is 198 g/mol. The third-order valence-electron chi connectivity index (χ3n) is 4.43. The fourth-order valence-electron chi connectivity index (χ4n) is 3.56. The summed E-state index contributed by atoms with van der Waals surface area (Å²) in [6, 6.07) is 0. The summed E-state index contributed by atoms with van der Waals surface area (Å²) in [7, 11) is 0. The molecule has 0 aromatic heterocycles. The number of hydrogen-bond acceptors (Lipinski definition) is 1. The van der Waals surface area contributed by atoms with E-state index in [1.54, 1.807) is 0 Å². The highest BCUT2D eigenvalue weighted by Crippen LogP contribution is 2.61. The fourth-order valence-corrected chi connectivity index (χ4v) is 4.15. The summed E-state index contributed by atoms with van der Waals surface area (Å²) < 4.78 is 0. The summed E-state index contributed by atoms with van der Waals surface area (Å²) in [4.78, 5) is 11.5. The molecule has 2 aliphatic carbocycles. The van der Waals surface area contributed by atoms with Crippen molar-refractivity contribution in [3.8, 4) is 0 Å². The first kappa shape index (κ1) is 10.3. The first-order chi connectivity index (χ1) is 6.40. The van der Waals surface area contributed by atoms with E-state index in [4.69, 9.17) is 17.3 Å². The Kier molecular flexibility index (Phi) is 2.11. The molecule has 0 spiro atoms. The van der Waals surface area contributed by atoms with E-state index in [2.05, 4.69) is 6.92 Å². The second kappa shape index (κ2) is 2.88. The lowest BCUT2D eigenvalue weighted by molar-refractivity contribution is -0.128. The molecule has 0 aromatic carbocycles. The Morgan fingerprint density at radius 3 is 2.64 bits per heavy atom. The molecular formula is C11H18ClNO. The molecule has 0 radical (unpaired) electrons. The lowest BCUT2D eigenvalue weighted by Gasteiger charge is -2.34. The van der Waals surface area contributed by atoms with Crippen LogP contribution in [-0.4, -0.2) is 11.3 Å². The largest absolute Gasteiger partial charge is 0.369 e. The summed E-state index contributed by atoms with van der Waals surface area (Å²) in [5.41, 5.74) is 5.28. The van der Waals surface area contributed by atoms with Gasteiger partial charge in [0.2, 0.25) is 5.91 Å². The van der Waals surface area contributed by atoms with Crippen LogP contribution in [0.15, 0.2) is 0 Å². The van der Waals surface area contributed by atoms with E-state index in [1.807, 2.05) is 6.92 Å². The van der Waals surface area contributed by atoms with Crippen LogP contribution in [0, 0.1) is 16.7 Å². The number of carbonyl (C=O) groups excluding carboxylic acids is 1. The van der Waals surface area contributed by atoms with Crippen LogP contribution in [0.4, 0.5) is 0 Å². The first-order valence-corrected chi connectivity index (χ1v) is 5.78. The van der Waals surface area contributed by atoms with E-state index < -0.39 is 0 Å². The molecule has 0 saturated heterocycles. The number of carbonyl (C=O) groups is 1. The van der Waals surface area contributed by atoms with E-state index in [9.17, 15) is 4.79 Å². The maximum Gasteiger partial charge on any atom is 0.223 e. The van der Waals surface area contributed by atoms with Crippen molar-refractivity contribution >= 4 is 17.5 Å². The van der Waals surface area contributed by atoms with Crippen molar-refractivity contribution in [3.05, 3.63) is 0 Å². The lowest BCUT2D eigenvalue weighted by atomic mass is 9.75. The van der Waals surface area contributed by atoms with Crippen molar-refractivity contribution in [1.29, 1.82) is 0 Å². The normalized spacial score (nSPS) is 51.9. The highest BCUT2D eigenvalue weighted by molar-refractivity contribution is 6.22. The second-order valence-corrected chi connectivity index (χ2v) is 5.98. The third-order valence-corrected chi connectivity index (χ3v) is 5.27. The number of nitrogens with two attached hydrogens (primary N) is 1. The van der Waals surface area contributed by atoms with E-state index in [1.165, 1.54) is 6.42 Å². The maximum atomic E-state index is 11.5. The Labute approximate surface area is 90.2 Å². The zero-order valence-electron chi connectivity index (χ0n) is 8.85. The minimum Gasteiger partial charge on any atom is -0.369 e. The summed E-state index contributed by atoms with van der Waals surface area (Å²) in [6.07, 6.45) is 4.26. The number of fused-ring (bicyclic) bond motifs is 2. The third kappa shape index (κ3) is 1.13. The first-order valence-electron chi connectivity index (χ1n) is 5.34. The van der Waals surface area contributed by atoms with Crippen molar-refractivity contribution < 1.29 is 4.79 Å². The molecule has 80 valence electrons. The summed E-state index contributed by atoms with van der Waals surface area (Å²) in [5, 5.41) is 0.133. The average Bonchev–Trinajstić information content (AvgIpc) is 2.23. The summed E-state index contributed by atoms with van der Waals surface area (Å²) in [5.74, 6) is 0.124. The van der Waals surface area contributed by atoms with Crippen LogP contribution >= 0.6 is 11.6 Å². The van der Waals surface area contributed by atoms with Crippen LogP contribution in [0.1, 0.15) is 39.5 Å². The molecule has 1 unspecified atom stereocenters. The summed E-state index contributed by atoms with van der Waals surface area (Å²) >= 11 is 6.44. The number of alkyl halides is 1. The Bertz CT molecular complexity index is 280. The molecule has 2 fully saturated rings. The van der Waals surface area contributed by atoms with E-state index >= 15 is 0 Å². The molecule has 2 bridgehead atoms. The standard InChI is InChI=1S/C11H18ClNO/c1-10-5-3-4-7(8(10)12)11(2,6-10)9(13)14/h7-8H,3-6H2,1-2H3,(H2,13,14)/t7-,8?,10-,11-/m1/s1. The summed E-state index contributed by atoms with van der Waals surface area (Å²) in [6.45, 7) is 4.19. The predicted octanol–water partition coefficient (Wildman–Crippen LogP) is 2.30. The minimum absolute atomic E-state index is 0.133. The number of rotatable bonds is 1. The molecule has 4 atom stereocenters. The van der Waals surface area contributed by atoms with Crippen molar-refractivity contribution in [1.82, 2.24) is 0 Å². The SMILES string of the molecule is C[C@]12CCC[C@H](C1Cl)[C@](C)(C(N)=O)C2. The molecule has 2 N–H and O–H groups in total. The van der Waals surface area contributed by atoms with Crippen molar-refractivity contribution in [2.24, 2.45) is 22.5 Å². The highest BCUT2D eigenvalue weighted by atomic mass is 35.5. The quantitative estimate of drug-likeness (QED) is 0.671. The molecule has 1 amide bonds. The molecule has 2 saturated carbocycles. The number of amides is 1. The van der Waals surface area contributed by atoms with Gasteiger partial charge in [0.25, 0.3) is 0 Å². The van der Waals surface area contributed by atoms with Gasteiger partial charge >= 0.3 is 0 Å². The molecule has 3 heteroatoms. The van der Waals surface area contributed by atoms with Gasteiger partial charge in [-0.15, -0.1) is 11.6 Å². The van der Waals surface area contributed by atoms with Gasteiger partial charge in [-0.05, 0) is 30.6 Å². The van der Waals surface area contributed by atoms with Crippen LogP contribution in [-0.2, 0) is 4.79 Å². The van der Waals surface area contributed by atoms with Crippen LogP contribution < -0.4 is 5.73 Å². The molecule has 2 aliphatic rings. The van der Waals surface area contributed by atoms with E-state index in [0.717, 1.165) is 19.3 Å². The maximum absolute atomic E-state index is 11.5. The van der Waals surface area contributed by atoms with E-state index in [0.29, 0.717) is 5.92 Å². The molecule has 0 aliphatic heterocycles. The van der Waals surface area contributed by atoms with Gasteiger partial charge in [0.05, 0.1) is 5.41 Å². The van der Waals surface area contributed by atoms with Gasteiger partial charge in [0.1, 0.15) is 0 Å². The smallest absolute Gasteiger partial charge is 0.223 e. The second-order valence-electron chi connectivity index (χ2n) is 5.51. The monoisotopic (exact) mass is 215 g/mol. The number of halogens is 1. The van der Waals surface area contributed by atoms with Crippen molar-refractivity contribution in [3.63, 3.8) is 0 Å². The Morgan fingerprint density at radius 2 is 2.14 bits per heavy atom. The van der Waals surface area contributed by atoms with Crippen molar-refractivity contribution in [2.45, 2.75) is 44.9 Å². The Hall–Kier alpha value is -0.240. The predicted molar refractivity (Wildman–Crippen MR) is 57.0 cm³/mol. The van der Waals surface area contributed by atoms with Gasteiger partial charge < -0.3 is 5.73 Å². The lowest BCUT2D eigenvalue weighted by Crippen LogP contribution is -2.39. The molecule has 0 heterocycles. The average molecular weight is 216 g/mol. The van der Waals surface area contributed by atoms with Gasteiger partial charge in [0, 0.05) is 5.38 Å². The molecule has 14 heavy (non-hydrogen) atoms. The highest BCUT2D eigenvalue weighted by Gasteiger charge is 2.60. The van der Waals surface area contributed by atoms with Crippen LogP contribution in [0.3, 0.4) is 0 Å². The van der Waals surface area contributed by atoms with Gasteiger partial charge in [-0.25, -0.2) is 0 Å². The minimum atomic E-state index is -0.363. The number of hydrogen-bond donors (Lipinski definition) is 1. The fraction of sp³-hybridized carbons (Fsp3) is 0.909. The van der Waals surface area contributed by atoms with E-state index in [-0.39, 0.29) is 22.1 Å². The van der Waals surface area contributed by atoms with Gasteiger partial charge in [-0.2, -0.15) is 0 Å². The Balaban J connectivity index is 2.38. The van der Waals surface area contributed by atoms with Crippen LogP contribution in [0.25, 0.3) is 0 Å². The Morgan fingerprint density at radius 1 is 1.50 bits per heavy atom. The van der Waals surface area contributed by atoms with Gasteiger partial charge in [-0.1, -0.05) is 20.3 Å². The van der Waals surface area contributed by atoms with Crippen molar-refractivity contribution in [2.75, 3.05) is 0 Å². The van der Waals surface area contributed by atoms with Gasteiger partial charge in [0.15, 0.2) is 0 Å². The van der Waals surface area contributed by atoms with Crippen LogP contribution in [0.2, 0.25) is 0 Å². The number of primary amides is 1. The van der Waals surface area contributed by atoms with Gasteiger partial charge in [-0.3, -0.25) is 4.79 Å². The topological polar surface area (TPSA) is 43.1 Å². The zero-order chi connectivity index (χ0) is 10.6. The molecule has 2 nitrogen and oxygen atoms in total. The molecule has 2 rings (SSSR count).